The number of nitrogens with zero attached hydrogens (tertiary/aromatic N) is 1. The van der Waals surface area contributed by atoms with Gasteiger partial charge in [0.2, 0.25) is 9.84 Å². The Labute approximate surface area is 193 Å². The lowest BCUT2D eigenvalue weighted by Gasteiger charge is -2.32. The molecule has 0 atom stereocenters. The molecule has 0 amide bonds. The van der Waals surface area contributed by atoms with Crippen LogP contribution in [0.4, 0.5) is 17.1 Å². The number of fused-ring (bicyclic) bond motifs is 2. The van der Waals surface area contributed by atoms with Crippen molar-refractivity contribution in [3.8, 4) is 0 Å². The lowest BCUT2D eigenvalue weighted by atomic mass is 10.2. The maximum Gasteiger partial charge on any atom is 0.214 e. The first kappa shape index (κ1) is 19.5. The van der Waals surface area contributed by atoms with Crippen molar-refractivity contribution in [2.45, 2.75) is 14.7 Å². The van der Waals surface area contributed by atoms with E-state index < -0.39 is 9.84 Å². The molecule has 0 saturated carbocycles. The molecule has 1 heterocycles. The summed E-state index contributed by atoms with van der Waals surface area (Å²) in [5.41, 5.74) is 8.65. The highest BCUT2D eigenvalue weighted by atomic mass is 127. The maximum absolute atomic E-state index is 13.0. The van der Waals surface area contributed by atoms with Crippen molar-refractivity contribution < 1.29 is 8.42 Å². The van der Waals surface area contributed by atoms with Crippen LogP contribution in [0.5, 0.6) is 0 Å². The van der Waals surface area contributed by atoms with Gasteiger partial charge in [-0.3, -0.25) is 0 Å². The molecule has 146 valence electrons. The number of halogens is 1. The zero-order valence-electron chi connectivity index (χ0n) is 15.5. The molecule has 0 N–H and O–H groups in total. The monoisotopic (exact) mass is 539 g/mol. The highest BCUT2D eigenvalue weighted by molar-refractivity contribution is 14.1. The normalized spacial score (nSPS) is 14.6. The molecule has 3 nitrogen and oxygen atoms in total. The van der Waals surface area contributed by atoms with Crippen molar-refractivity contribution >= 4 is 61.3 Å². The van der Waals surface area contributed by atoms with Crippen LogP contribution in [0.3, 0.4) is 0 Å². The van der Waals surface area contributed by atoms with Crippen molar-refractivity contribution in [3.63, 3.8) is 0 Å². The Morgan fingerprint density at radius 1 is 0.767 bits per heavy atom. The van der Waals surface area contributed by atoms with E-state index in [9.17, 15) is 8.42 Å². The molecule has 6 heteroatoms. The molecule has 0 aromatic heterocycles. The second-order valence-electron chi connectivity index (χ2n) is 6.67. The van der Waals surface area contributed by atoms with Crippen LogP contribution < -0.4 is 4.90 Å². The number of hydrogen-bond acceptors (Lipinski definition) is 4. The van der Waals surface area contributed by atoms with E-state index in [1.165, 1.54) is 0 Å². The second-order valence-corrected chi connectivity index (χ2v) is 10.8. The number of rotatable bonds is 3. The largest absolute Gasteiger partial charge is 0.308 e. The minimum atomic E-state index is -3.64. The lowest BCUT2D eigenvalue weighted by Crippen LogP contribution is -2.14. The first-order chi connectivity index (χ1) is 14.5. The van der Waals surface area contributed by atoms with Crippen LogP contribution in [-0.2, 0) is 9.84 Å². The van der Waals surface area contributed by atoms with E-state index in [-0.39, 0.29) is 9.80 Å². The fourth-order valence-corrected chi connectivity index (χ4v) is 5.95. The van der Waals surface area contributed by atoms with Gasteiger partial charge < -0.3 is 4.90 Å². The number of anilines is 3. The Kier molecular flexibility index (Phi) is 4.97. The third kappa shape index (κ3) is 3.37. The standard InChI is InChI=1S/C24H14INO2S2/c25-17-9-13-19(14-10-17)30(27,28)20-15-11-18(12-16-20)26-21-5-1-3-7-23(21)29-24-8-4-2-6-22(24)26/h1-9,11-13,15-16H. The van der Waals surface area contributed by atoms with E-state index in [1.54, 1.807) is 36.0 Å². The molecular formula is C24H14INO2S2. The van der Waals surface area contributed by atoms with Gasteiger partial charge in [0, 0.05) is 15.5 Å². The van der Waals surface area contributed by atoms with E-state index in [4.69, 9.17) is 0 Å². The van der Waals surface area contributed by atoms with E-state index in [2.05, 4.69) is 63.2 Å². The molecule has 0 saturated heterocycles. The first-order valence-electron chi connectivity index (χ1n) is 9.15. The van der Waals surface area contributed by atoms with Crippen LogP contribution in [0.15, 0.2) is 120 Å². The summed E-state index contributed by atoms with van der Waals surface area (Å²) < 4.78 is 26.7. The fourth-order valence-electron chi connectivity index (χ4n) is 3.39. The summed E-state index contributed by atoms with van der Waals surface area (Å²) in [7, 11) is -3.64. The molecule has 2 aliphatic rings. The van der Waals surface area contributed by atoms with Crippen molar-refractivity contribution in [2.75, 3.05) is 4.90 Å². The van der Waals surface area contributed by atoms with Gasteiger partial charge >= 0.3 is 0 Å². The van der Waals surface area contributed by atoms with E-state index >= 15 is 0 Å². The van der Waals surface area contributed by atoms with Gasteiger partial charge in [-0.05, 0) is 89.0 Å². The minimum Gasteiger partial charge on any atom is -0.308 e. The Hall–Kier alpha value is -2.47. The Balaban J connectivity index is 1.59. The highest BCUT2D eigenvalue weighted by Crippen LogP contribution is 2.51. The summed E-state index contributed by atoms with van der Waals surface area (Å²) in [6.07, 6.45) is 3.29. The Morgan fingerprint density at radius 2 is 1.37 bits per heavy atom. The number of benzene rings is 3. The molecule has 5 rings (SSSR count). The lowest BCUT2D eigenvalue weighted by molar-refractivity contribution is 0.603. The minimum absolute atomic E-state index is 0.126. The molecule has 3 aromatic rings. The number of para-hydroxylation sites is 2. The van der Waals surface area contributed by atoms with Crippen LogP contribution in [0.25, 0.3) is 0 Å². The zero-order chi connectivity index (χ0) is 20.7. The van der Waals surface area contributed by atoms with Crippen molar-refractivity contribution in [2.24, 2.45) is 0 Å². The summed E-state index contributed by atoms with van der Waals surface area (Å²) in [4.78, 5) is 4.86. The van der Waals surface area contributed by atoms with E-state index in [0.29, 0.717) is 0 Å². The second kappa shape index (κ2) is 7.65. The third-order valence-electron chi connectivity index (χ3n) is 4.81. The molecule has 1 aliphatic heterocycles. The predicted molar refractivity (Wildman–Crippen MR) is 130 cm³/mol. The first-order valence-corrected chi connectivity index (χ1v) is 12.5. The third-order valence-corrected chi connectivity index (χ3v) is 8.28. The molecule has 0 spiro atoms. The highest BCUT2D eigenvalue weighted by Gasteiger charge is 2.25. The molecule has 30 heavy (non-hydrogen) atoms. The Morgan fingerprint density at radius 3 is 1.93 bits per heavy atom. The quantitative estimate of drug-likeness (QED) is 0.209. The molecular weight excluding hydrogens is 525 g/mol. The zero-order valence-corrected chi connectivity index (χ0v) is 19.3. The number of sulfone groups is 1. The van der Waals surface area contributed by atoms with Gasteiger partial charge in [0.1, 0.15) is 4.91 Å². The van der Waals surface area contributed by atoms with Crippen molar-refractivity contribution in [1.82, 2.24) is 0 Å². The van der Waals surface area contributed by atoms with Gasteiger partial charge in [-0.15, -0.1) is 0 Å². The molecule has 3 aromatic carbocycles. The Bertz CT molecular complexity index is 1360. The molecule has 0 unspecified atom stereocenters. The summed E-state index contributed by atoms with van der Waals surface area (Å²) in [5.74, 6) is 0. The van der Waals surface area contributed by atoms with Gasteiger partial charge in [-0.2, -0.15) is 0 Å². The fraction of sp³-hybridized carbons (Fsp3) is 0. The summed E-state index contributed by atoms with van der Waals surface area (Å²) >= 11 is 3.82. The average molecular weight is 539 g/mol. The van der Waals surface area contributed by atoms with Crippen LogP contribution in [0.1, 0.15) is 0 Å². The van der Waals surface area contributed by atoms with Gasteiger partial charge in [0.15, 0.2) is 0 Å². The van der Waals surface area contributed by atoms with Crippen LogP contribution in [0.2, 0.25) is 0 Å². The molecule has 0 fully saturated rings. The van der Waals surface area contributed by atoms with E-state index in [0.717, 1.165) is 30.4 Å². The van der Waals surface area contributed by atoms with Gasteiger partial charge in [-0.25, -0.2) is 8.42 Å². The smallest absolute Gasteiger partial charge is 0.214 e. The van der Waals surface area contributed by atoms with Gasteiger partial charge in [0.25, 0.3) is 0 Å². The van der Waals surface area contributed by atoms with Crippen LogP contribution >= 0.6 is 34.4 Å². The molecule has 0 radical (unpaired) electrons. The summed E-state index contributed by atoms with van der Waals surface area (Å²) in [5, 5.41) is 0. The van der Waals surface area contributed by atoms with Crippen molar-refractivity contribution in [1.29, 1.82) is 0 Å². The SMILES string of the molecule is O=S(=O)(C1=C=C=C(I)C=C1)c1ccc(N2c3ccccc3Sc3ccccc32)cc1. The summed E-state index contributed by atoms with van der Waals surface area (Å²) in [6.45, 7) is 0. The van der Waals surface area contributed by atoms with Gasteiger partial charge in [0.05, 0.1) is 19.9 Å². The predicted octanol–water partition coefficient (Wildman–Crippen LogP) is 6.92. The summed E-state index contributed by atoms with van der Waals surface area (Å²) in [6, 6.07) is 23.5. The van der Waals surface area contributed by atoms with Crippen molar-refractivity contribution in [3.05, 3.63) is 105 Å². The number of hydrogen-bond donors (Lipinski definition) is 0. The maximum atomic E-state index is 13.0. The molecule has 0 bridgehead atoms. The van der Waals surface area contributed by atoms with Gasteiger partial charge in [-0.1, -0.05) is 41.8 Å². The average Bonchev–Trinajstić information content (AvgIpc) is 2.78. The number of allylic oxidation sites excluding steroid dienone is 3. The van der Waals surface area contributed by atoms with E-state index in [1.807, 2.05) is 36.4 Å². The van der Waals surface area contributed by atoms with Crippen LogP contribution in [0, 0.1) is 0 Å². The molecule has 1 aliphatic carbocycles. The topological polar surface area (TPSA) is 37.4 Å². The van der Waals surface area contributed by atoms with Crippen LogP contribution in [-0.4, -0.2) is 8.42 Å².